The molecule has 1 aliphatic carbocycles. The average molecular weight is 265 g/mol. The Kier molecular flexibility index (Phi) is 4.30. The number of carbonyl (C=O) groups excluding carboxylic acids is 1. The maximum absolute atomic E-state index is 12.1. The Labute approximate surface area is 114 Å². The van der Waals surface area contributed by atoms with E-state index in [1.165, 1.54) is 12.8 Å². The van der Waals surface area contributed by atoms with Gasteiger partial charge in [0.1, 0.15) is 11.5 Å². The van der Waals surface area contributed by atoms with E-state index in [4.69, 9.17) is 4.42 Å². The minimum absolute atomic E-state index is 0.160. The predicted molar refractivity (Wildman–Crippen MR) is 73.2 cm³/mol. The second-order valence-electron chi connectivity index (χ2n) is 5.65. The van der Waals surface area contributed by atoms with Crippen molar-refractivity contribution in [2.75, 3.05) is 6.54 Å². The summed E-state index contributed by atoms with van der Waals surface area (Å²) in [5.74, 6) is 1.20. The number of rotatable bonds is 3. The highest BCUT2D eigenvalue weighted by Crippen LogP contribution is 2.26. The van der Waals surface area contributed by atoms with Crippen molar-refractivity contribution in [2.45, 2.75) is 58.0 Å². The molecule has 1 amide bonds. The summed E-state index contributed by atoms with van der Waals surface area (Å²) in [6, 6.07) is 1.74. The number of carbonyl (C=O) groups is 1. The Hall–Kier alpha value is -1.29. The first-order chi connectivity index (χ1) is 9.00. The van der Waals surface area contributed by atoms with Crippen LogP contribution in [0, 0.1) is 13.8 Å². The van der Waals surface area contributed by atoms with Crippen LogP contribution >= 0.6 is 0 Å². The van der Waals surface area contributed by atoms with Crippen molar-refractivity contribution < 1.29 is 14.3 Å². The Morgan fingerprint density at radius 3 is 2.47 bits per heavy atom. The number of aryl methyl sites for hydroxylation is 2. The summed E-state index contributed by atoms with van der Waals surface area (Å²) < 4.78 is 5.35. The lowest BCUT2D eigenvalue weighted by atomic mass is 9.94. The van der Waals surface area contributed by atoms with E-state index in [0.717, 1.165) is 31.4 Å². The van der Waals surface area contributed by atoms with Crippen LogP contribution < -0.4 is 5.32 Å². The lowest BCUT2D eigenvalue weighted by Crippen LogP contribution is -2.42. The monoisotopic (exact) mass is 265 g/mol. The van der Waals surface area contributed by atoms with Crippen LogP contribution in [0.4, 0.5) is 0 Å². The molecule has 0 aliphatic heterocycles. The van der Waals surface area contributed by atoms with Gasteiger partial charge in [-0.1, -0.05) is 25.7 Å². The van der Waals surface area contributed by atoms with Crippen molar-refractivity contribution in [2.24, 2.45) is 0 Å². The molecular formula is C15H23NO3. The molecular weight excluding hydrogens is 242 g/mol. The van der Waals surface area contributed by atoms with E-state index < -0.39 is 5.60 Å². The topological polar surface area (TPSA) is 62.5 Å². The molecule has 1 fully saturated rings. The minimum atomic E-state index is -0.737. The molecule has 4 heteroatoms. The van der Waals surface area contributed by atoms with Crippen LogP contribution in [-0.4, -0.2) is 23.2 Å². The van der Waals surface area contributed by atoms with Crippen molar-refractivity contribution >= 4 is 5.91 Å². The van der Waals surface area contributed by atoms with Gasteiger partial charge in [0.25, 0.3) is 5.91 Å². The molecule has 0 saturated heterocycles. The zero-order valence-electron chi connectivity index (χ0n) is 11.8. The number of furan rings is 1. The number of hydrogen-bond donors (Lipinski definition) is 2. The van der Waals surface area contributed by atoms with Crippen molar-refractivity contribution in [1.29, 1.82) is 0 Å². The van der Waals surface area contributed by atoms with Crippen LogP contribution in [0.5, 0.6) is 0 Å². The molecule has 106 valence electrons. The second-order valence-corrected chi connectivity index (χ2v) is 5.65. The summed E-state index contributed by atoms with van der Waals surface area (Å²) >= 11 is 0. The molecule has 0 aromatic carbocycles. The summed E-state index contributed by atoms with van der Waals surface area (Å²) in [7, 11) is 0. The molecule has 2 N–H and O–H groups in total. The van der Waals surface area contributed by atoms with E-state index in [2.05, 4.69) is 5.32 Å². The molecule has 0 atom stereocenters. The van der Waals surface area contributed by atoms with E-state index in [9.17, 15) is 9.90 Å². The molecule has 0 spiro atoms. The molecule has 1 heterocycles. The number of hydrogen-bond acceptors (Lipinski definition) is 3. The van der Waals surface area contributed by atoms with Gasteiger partial charge in [-0.15, -0.1) is 0 Å². The molecule has 2 rings (SSSR count). The molecule has 1 saturated carbocycles. The minimum Gasteiger partial charge on any atom is -0.466 e. The first-order valence-electron chi connectivity index (χ1n) is 7.08. The van der Waals surface area contributed by atoms with Crippen LogP contribution in [0.1, 0.15) is 60.4 Å². The predicted octanol–water partition coefficient (Wildman–Crippen LogP) is 2.71. The van der Waals surface area contributed by atoms with Crippen LogP contribution in [0.3, 0.4) is 0 Å². The SMILES string of the molecule is Cc1cc(C(=O)NCC2(O)CCCCCC2)c(C)o1. The largest absolute Gasteiger partial charge is 0.466 e. The molecule has 1 aliphatic rings. The van der Waals surface area contributed by atoms with Crippen LogP contribution in [0.2, 0.25) is 0 Å². The molecule has 1 aromatic rings. The smallest absolute Gasteiger partial charge is 0.254 e. The molecule has 1 aromatic heterocycles. The average Bonchev–Trinajstić information content (AvgIpc) is 2.58. The van der Waals surface area contributed by atoms with E-state index in [-0.39, 0.29) is 5.91 Å². The van der Waals surface area contributed by atoms with E-state index in [1.54, 1.807) is 13.0 Å². The van der Waals surface area contributed by atoms with Crippen molar-refractivity contribution in [3.05, 3.63) is 23.2 Å². The number of amides is 1. The molecule has 4 nitrogen and oxygen atoms in total. The Bertz CT molecular complexity index is 442. The maximum atomic E-state index is 12.1. The molecule has 0 bridgehead atoms. The van der Waals surface area contributed by atoms with Crippen LogP contribution in [0.15, 0.2) is 10.5 Å². The van der Waals surface area contributed by atoms with Gasteiger partial charge < -0.3 is 14.8 Å². The van der Waals surface area contributed by atoms with Crippen molar-refractivity contribution in [1.82, 2.24) is 5.32 Å². The zero-order valence-corrected chi connectivity index (χ0v) is 11.8. The third-order valence-corrected chi connectivity index (χ3v) is 3.90. The Balaban J connectivity index is 1.94. The Morgan fingerprint density at radius 1 is 1.32 bits per heavy atom. The van der Waals surface area contributed by atoms with Gasteiger partial charge in [-0.25, -0.2) is 0 Å². The van der Waals surface area contributed by atoms with Crippen molar-refractivity contribution in [3.63, 3.8) is 0 Å². The second kappa shape index (κ2) is 5.78. The summed E-state index contributed by atoms with van der Waals surface area (Å²) in [5, 5.41) is 13.3. The van der Waals surface area contributed by atoms with Gasteiger partial charge in [-0.2, -0.15) is 0 Å². The summed E-state index contributed by atoms with van der Waals surface area (Å²) in [5.41, 5.74) is -0.173. The lowest BCUT2D eigenvalue weighted by molar-refractivity contribution is 0.0246. The van der Waals surface area contributed by atoms with E-state index >= 15 is 0 Å². The summed E-state index contributed by atoms with van der Waals surface area (Å²) in [6.07, 6.45) is 5.98. The molecule has 0 radical (unpaired) electrons. The van der Waals surface area contributed by atoms with Crippen LogP contribution in [-0.2, 0) is 0 Å². The summed E-state index contributed by atoms with van der Waals surface area (Å²) in [6.45, 7) is 3.93. The highest BCUT2D eigenvalue weighted by molar-refractivity contribution is 5.95. The van der Waals surface area contributed by atoms with Gasteiger partial charge >= 0.3 is 0 Å². The first-order valence-corrected chi connectivity index (χ1v) is 7.08. The fourth-order valence-corrected chi connectivity index (χ4v) is 2.76. The van der Waals surface area contributed by atoms with Gasteiger partial charge in [-0.05, 0) is 32.8 Å². The van der Waals surface area contributed by atoms with Crippen molar-refractivity contribution in [3.8, 4) is 0 Å². The van der Waals surface area contributed by atoms with Gasteiger partial charge in [0, 0.05) is 6.54 Å². The number of aliphatic hydroxyl groups is 1. The van der Waals surface area contributed by atoms with Gasteiger partial charge in [-0.3, -0.25) is 4.79 Å². The van der Waals surface area contributed by atoms with Gasteiger partial charge in [0.05, 0.1) is 11.2 Å². The first kappa shape index (κ1) is 14.1. The fourth-order valence-electron chi connectivity index (χ4n) is 2.76. The fraction of sp³-hybridized carbons (Fsp3) is 0.667. The van der Waals surface area contributed by atoms with Gasteiger partial charge in [0.15, 0.2) is 0 Å². The standard InChI is InChI=1S/C15H23NO3/c1-11-9-13(12(2)19-11)14(17)16-10-15(18)7-5-3-4-6-8-15/h9,18H,3-8,10H2,1-2H3,(H,16,17). The quantitative estimate of drug-likeness (QED) is 0.826. The Morgan fingerprint density at radius 2 is 1.95 bits per heavy atom. The van der Waals surface area contributed by atoms with Gasteiger partial charge in [0.2, 0.25) is 0 Å². The van der Waals surface area contributed by atoms with E-state index in [0.29, 0.717) is 17.9 Å². The molecule has 19 heavy (non-hydrogen) atoms. The normalized spacial score (nSPS) is 18.9. The highest BCUT2D eigenvalue weighted by atomic mass is 16.3. The van der Waals surface area contributed by atoms with Crippen LogP contribution in [0.25, 0.3) is 0 Å². The number of nitrogens with one attached hydrogen (secondary N) is 1. The third-order valence-electron chi connectivity index (χ3n) is 3.90. The van der Waals surface area contributed by atoms with E-state index in [1.807, 2.05) is 6.92 Å². The molecule has 0 unspecified atom stereocenters. The third kappa shape index (κ3) is 3.60. The summed E-state index contributed by atoms with van der Waals surface area (Å²) in [4.78, 5) is 12.1. The maximum Gasteiger partial charge on any atom is 0.254 e. The highest BCUT2D eigenvalue weighted by Gasteiger charge is 2.28. The lowest BCUT2D eigenvalue weighted by Gasteiger charge is -2.26. The zero-order chi connectivity index (χ0) is 13.9.